The number of fused-ring (bicyclic) bond motifs is 1. The molecule has 0 aliphatic heterocycles. The Hall–Kier alpha value is -1.44. The molecule has 1 aromatic heterocycles. The van der Waals surface area contributed by atoms with Crippen LogP contribution in [0.4, 0.5) is 4.39 Å². The Kier molecular flexibility index (Phi) is 2.20. The van der Waals surface area contributed by atoms with Gasteiger partial charge in [-0.15, -0.1) is 11.3 Å². The van der Waals surface area contributed by atoms with E-state index in [-0.39, 0.29) is 11.7 Å². The van der Waals surface area contributed by atoms with Gasteiger partial charge in [0.15, 0.2) is 5.13 Å². The number of hydrogen-bond acceptors (Lipinski definition) is 3. The second-order valence-corrected chi connectivity index (χ2v) is 3.88. The number of thiophene rings is 1. The van der Waals surface area contributed by atoms with Crippen LogP contribution >= 0.6 is 11.3 Å². The minimum Gasteiger partial charge on any atom is -0.392 e. The Morgan fingerprint density at radius 3 is 2.86 bits per heavy atom. The molecule has 1 aromatic carbocycles. The van der Waals surface area contributed by atoms with Crippen molar-refractivity contribution in [3.8, 4) is 6.07 Å². The first-order chi connectivity index (χ1) is 6.74. The van der Waals surface area contributed by atoms with Gasteiger partial charge in [-0.2, -0.15) is 9.65 Å². The topological polar surface area (TPSA) is 44.0 Å². The molecule has 0 atom stereocenters. The average Bonchev–Trinajstić information content (AvgIpc) is 2.56. The van der Waals surface area contributed by atoms with Crippen LogP contribution in [0.1, 0.15) is 11.1 Å². The van der Waals surface area contributed by atoms with Gasteiger partial charge < -0.3 is 5.11 Å². The van der Waals surface area contributed by atoms with Crippen LogP contribution in [-0.4, -0.2) is 5.11 Å². The van der Waals surface area contributed by atoms with E-state index >= 15 is 0 Å². The molecular formula is C10H6FNOS. The van der Waals surface area contributed by atoms with Crippen LogP contribution in [0.15, 0.2) is 18.2 Å². The highest BCUT2D eigenvalue weighted by atomic mass is 32.1. The molecule has 0 spiro atoms. The maximum atomic E-state index is 12.9. The highest BCUT2D eigenvalue weighted by molar-refractivity contribution is 7.17. The SMILES string of the molecule is N#Cc1cc(CO)c2sc(F)cc2c1. The Bertz CT molecular complexity index is 527. The Morgan fingerprint density at radius 1 is 1.43 bits per heavy atom. The van der Waals surface area contributed by atoms with E-state index in [1.165, 1.54) is 6.07 Å². The van der Waals surface area contributed by atoms with Crippen LogP contribution in [0.2, 0.25) is 0 Å². The van der Waals surface area contributed by atoms with Crippen molar-refractivity contribution in [1.82, 2.24) is 0 Å². The molecule has 2 aromatic rings. The predicted molar refractivity (Wildman–Crippen MR) is 52.4 cm³/mol. The van der Waals surface area contributed by atoms with E-state index in [9.17, 15) is 4.39 Å². The minimum absolute atomic E-state index is 0.175. The molecule has 70 valence electrons. The molecule has 0 unspecified atom stereocenters. The van der Waals surface area contributed by atoms with E-state index < -0.39 is 0 Å². The molecule has 0 bridgehead atoms. The van der Waals surface area contributed by atoms with Crippen molar-refractivity contribution in [2.24, 2.45) is 0 Å². The molecule has 4 heteroatoms. The van der Waals surface area contributed by atoms with E-state index in [1.54, 1.807) is 12.1 Å². The van der Waals surface area contributed by atoms with E-state index in [0.29, 0.717) is 21.2 Å². The fraction of sp³-hybridized carbons (Fsp3) is 0.100. The summed E-state index contributed by atoms with van der Waals surface area (Å²) in [6.07, 6.45) is 0. The van der Waals surface area contributed by atoms with Crippen molar-refractivity contribution < 1.29 is 9.50 Å². The smallest absolute Gasteiger partial charge is 0.177 e. The Labute approximate surface area is 83.8 Å². The van der Waals surface area contributed by atoms with Crippen molar-refractivity contribution in [1.29, 1.82) is 5.26 Å². The zero-order valence-corrected chi connectivity index (χ0v) is 7.94. The summed E-state index contributed by atoms with van der Waals surface area (Å²) in [6, 6.07) is 6.55. The van der Waals surface area contributed by atoms with Gasteiger partial charge in [0.2, 0.25) is 0 Å². The van der Waals surface area contributed by atoms with Gasteiger partial charge in [0.1, 0.15) is 0 Å². The third-order valence-electron chi connectivity index (χ3n) is 1.96. The fourth-order valence-corrected chi connectivity index (χ4v) is 2.25. The lowest BCUT2D eigenvalue weighted by Crippen LogP contribution is -1.84. The van der Waals surface area contributed by atoms with Gasteiger partial charge in [0, 0.05) is 4.70 Å². The third kappa shape index (κ3) is 1.37. The van der Waals surface area contributed by atoms with Gasteiger partial charge in [0.05, 0.1) is 18.2 Å². The zero-order chi connectivity index (χ0) is 10.1. The Balaban J connectivity index is 2.80. The van der Waals surface area contributed by atoms with Crippen LogP contribution < -0.4 is 0 Å². The quantitative estimate of drug-likeness (QED) is 0.780. The van der Waals surface area contributed by atoms with E-state index in [2.05, 4.69) is 0 Å². The van der Waals surface area contributed by atoms with Crippen LogP contribution in [0.25, 0.3) is 10.1 Å². The maximum absolute atomic E-state index is 12.9. The molecular weight excluding hydrogens is 201 g/mol. The van der Waals surface area contributed by atoms with Crippen LogP contribution in [0, 0.1) is 16.5 Å². The van der Waals surface area contributed by atoms with Gasteiger partial charge in [-0.1, -0.05) is 0 Å². The summed E-state index contributed by atoms with van der Waals surface area (Å²) in [5.41, 5.74) is 1.05. The van der Waals surface area contributed by atoms with Crippen molar-refractivity contribution in [2.75, 3.05) is 0 Å². The van der Waals surface area contributed by atoms with Gasteiger partial charge in [-0.3, -0.25) is 0 Å². The first-order valence-corrected chi connectivity index (χ1v) is 4.79. The molecule has 0 fully saturated rings. The molecule has 1 N–H and O–H groups in total. The zero-order valence-electron chi connectivity index (χ0n) is 7.12. The van der Waals surface area contributed by atoms with Gasteiger partial charge in [-0.25, -0.2) is 0 Å². The lowest BCUT2D eigenvalue weighted by atomic mass is 10.1. The molecule has 14 heavy (non-hydrogen) atoms. The lowest BCUT2D eigenvalue weighted by Gasteiger charge is -1.98. The highest BCUT2D eigenvalue weighted by Crippen LogP contribution is 2.29. The second kappa shape index (κ2) is 3.37. The molecule has 2 nitrogen and oxygen atoms in total. The van der Waals surface area contributed by atoms with Crippen molar-refractivity contribution >= 4 is 21.4 Å². The van der Waals surface area contributed by atoms with Crippen molar-refractivity contribution in [3.63, 3.8) is 0 Å². The first-order valence-electron chi connectivity index (χ1n) is 3.97. The maximum Gasteiger partial charge on any atom is 0.177 e. The molecule has 2 rings (SSSR count). The van der Waals surface area contributed by atoms with Crippen LogP contribution in [-0.2, 0) is 6.61 Å². The van der Waals surface area contributed by atoms with E-state index in [4.69, 9.17) is 10.4 Å². The monoisotopic (exact) mass is 207 g/mol. The summed E-state index contributed by atoms with van der Waals surface area (Å²) in [7, 11) is 0. The molecule has 0 aliphatic carbocycles. The number of aliphatic hydroxyl groups is 1. The standard InChI is InChI=1S/C10H6FNOS/c11-9-3-7-1-6(4-12)2-8(5-13)10(7)14-9/h1-3,13H,5H2. The number of aliphatic hydroxyl groups excluding tert-OH is 1. The molecule has 0 saturated heterocycles. The van der Waals surface area contributed by atoms with Gasteiger partial charge >= 0.3 is 0 Å². The number of benzene rings is 1. The molecule has 0 aliphatic rings. The fourth-order valence-electron chi connectivity index (χ4n) is 1.38. The number of rotatable bonds is 1. The predicted octanol–water partition coefficient (Wildman–Crippen LogP) is 2.40. The Morgan fingerprint density at radius 2 is 2.21 bits per heavy atom. The average molecular weight is 207 g/mol. The van der Waals surface area contributed by atoms with E-state index in [1.807, 2.05) is 6.07 Å². The highest BCUT2D eigenvalue weighted by Gasteiger charge is 2.07. The first kappa shape index (κ1) is 9.13. The normalized spacial score (nSPS) is 10.4. The third-order valence-corrected chi connectivity index (χ3v) is 2.98. The lowest BCUT2D eigenvalue weighted by molar-refractivity contribution is 0.283. The summed E-state index contributed by atoms with van der Waals surface area (Å²) in [5, 5.41) is 18.1. The van der Waals surface area contributed by atoms with Gasteiger partial charge in [0.25, 0.3) is 0 Å². The number of nitriles is 1. The minimum atomic E-state index is -0.301. The summed E-state index contributed by atoms with van der Waals surface area (Å²) >= 11 is 0.986. The number of hydrogen-bond donors (Lipinski definition) is 1. The van der Waals surface area contributed by atoms with Crippen molar-refractivity contribution in [2.45, 2.75) is 6.61 Å². The van der Waals surface area contributed by atoms with Gasteiger partial charge in [-0.05, 0) is 29.1 Å². The summed E-state index contributed by atoms with van der Waals surface area (Å²) in [4.78, 5) is 0. The molecule has 0 amide bonds. The summed E-state index contributed by atoms with van der Waals surface area (Å²) in [5.74, 6) is 0. The number of halogens is 1. The summed E-state index contributed by atoms with van der Waals surface area (Å²) < 4.78 is 13.6. The largest absolute Gasteiger partial charge is 0.392 e. The molecule has 0 radical (unpaired) electrons. The summed E-state index contributed by atoms with van der Waals surface area (Å²) in [6.45, 7) is -0.175. The molecule has 1 heterocycles. The van der Waals surface area contributed by atoms with Crippen LogP contribution in [0.3, 0.4) is 0 Å². The van der Waals surface area contributed by atoms with E-state index in [0.717, 1.165) is 11.3 Å². The second-order valence-electron chi connectivity index (χ2n) is 2.87. The van der Waals surface area contributed by atoms with Crippen molar-refractivity contribution in [3.05, 3.63) is 34.5 Å². The van der Waals surface area contributed by atoms with Crippen LogP contribution in [0.5, 0.6) is 0 Å². The number of nitrogens with zero attached hydrogens (tertiary/aromatic N) is 1. The molecule has 0 saturated carbocycles.